The second kappa shape index (κ2) is 21.9. The molecule has 0 heterocycles. The van der Waals surface area contributed by atoms with Gasteiger partial charge in [-0.3, -0.25) is 19.2 Å². The minimum atomic E-state index is -1.18. The van der Waals surface area contributed by atoms with Crippen molar-refractivity contribution in [1.29, 1.82) is 0 Å². The summed E-state index contributed by atoms with van der Waals surface area (Å²) in [5.41, 5.74) is 20.3. The van der Waals surface area contributed by atoms with Gasteiger partial charge >= 0.3 is 23.9 Å². The maximum Gasteiger partial charge on any atom is 0.323 e. The standard InChI is InChI=1S/2C6H13NO2.C4H9NO3.C3H7NO2S/c1-4(2)3-5(7)6(8)9;1-3-4(2)5(7)6(8)9;1-2(6)3(5)4(7)8;4-2(1-7)3(5)6/h2*4-5H,3,7H2,1-2H3,(H,8,9);2-3,6H,5H2,1H3,(H,7,8);2,7H,1,4H2,(H,5,6)/t5-;4-,5-;2-,3+;2-/m0010/s1. The molecule has 0 saturated heterocycles. The van der Waals surface area contributed by atoms with Crippen molar-refractivity contribution in [3.63, 3.8) is 0 Å². The highest BCUT2D eigenvalue weighted by molar-refractivity contribution is 7.80. The zero-order valence-corrected chi connectivity index (χ0v) is 20.7. The first-order valence-electron chi connectivity index (χ1n) is 10.1. The molecule has 0 aliphatic rings. The molecule has 13 nitrogen and oxygen atoms in total. The van der Waals surface area contributed by atoms with Crippen LogP contribution < -0.4 is 22.9 Å². The van der Waals surface area contributed by atoms with Crippen molar-refractivity contribution in [2.75, 3.05) is 5.75 Å². The minimum Gasteiger partial charge on any atom is -0.480 e. The number of aliphatic hydroxyl groups excluding tert-OH is 1. The van der Waals surface area contributed by atoms with Crippen molar-refractivity contribution in [2.24, 2.45) is 34.8 Å². The average molecular weight is 503 g/mol. The summed E-state index contributed by atoms with van der Waals surface area (Å²) in [6.45, 7) is 8.98. The van der Waals surface area contributed by atoms with Gasteiger partial charge in [-0.1, -0.05) is 34.1 Å². The maximum atomic E-state index is 10.2. The smallest absolute Gasteiger partial charge is 0.323 e. The zero-order valence-electron chi connectivity index (χ0n) is 19.8. The number of carboxylic acids is 4. The lowest BCUT2D eigenvalue weighted by Gasteiger charge is -2.11. The molecular formula is C19H42N4O9S. The van der Waals surface area contributed by atoms with Crippen molar-refractivity contribution in [2.45, 2.75) is 77.7 Å². The largest absolute Gasteiger partial charge is 0.480 e. The fourth-order valence-corrected chi connectivity index (χ4v) is 1.55. The van der Waals surface area contributed by atoms with E-state index in [1.165, 1.54) is 6.92 Å². The van der Waals surface area contributed by atoms with Gasteiger partial charge in [-0.15, -0.1) is 0 Å². The van der Waals surface area contributed by atoms with Gasteiger partial charge in [0.1, 0.15) is 24.2 Å². The van der Waals surface area contributed by atoms with Crippen molar-refractivity contribution in [3.8, 4) is 0 Å². The first-order chi connectivity index (χ1) is 14.9. The van der Waals surface area contributed by atoms with E-state index in [9.17, 15) is 19.2 Å². The van der Waals surface area contributed by atoms with Crippen LogP contribution in [-0.2, 0) is 19.2 Å². The zero-order chi connectivity index (χ0) is 27.5. The second-order valence-corrected chi connectivity index (χ2v) is 7.92. The molecule has 0 saturated carbocycles. The quantitative estimate of drug-likeness (QED) is 0.161. The molecule has 0 unspecified atom stereocenters. The van der Waals surface area contributed by atoms with Gasteiger partial charge in [-0.05, 0) is 25.2 Å². The van der Waals surface area contributed by atoms with E-state index in [-0.39, 0.29) is 11.7 Å². The molecule has 0 fully saturated rings. The van der Waals surface area contributed by atoms with Crippen LogP contribution in [0.15, 0.2) is 0 Å². The Morgan fingerprint density at radius 1 is 0.727 bits per heavy atom. The van der Waals surface area contributed by atoms with Gasteiger partial charge in [0.05, 0.1) is 6.10 Å². The van der Waals surface area contributed by atoms with E-state index >= 15 is 0 Å². The lowest BCUT2D eigenvalue weighted by molar-refractivity contribution is -0.141. The highest BCUT2D eigenvalue weighted by atomic mass is 32.1. The third-order valence-corrected chi connectivity index (χ3v) is 4.30. The Balaban J connectivity index is -0.000000171. The van der Waals surface area contributed by atoms with Gasteiger partial charge < -0.3 is 48.5 Å². The van der Waals surface area contributed by atoms with Crippen LogP contribution in [-0.4, -0.2) is 85.4 Å². The normalized spacial score (nSPS) is 15.4. The van der Waals surface area contributed by atoms with Crippen LogP contribution in [0.3, 0.4) is 0 Å². The molecule has 198 valence electrons. The summed E-state index contributed by atoms with van der Waals surface area (Å²) < 4.78 is 0. The maximum absolute atomic E-state index is 10.2. The molecule has 6 atom stereocenters. The van der Waals surface area contributed by atoms with E-state index in [4.69, 9.17) is 48.5 Å². The van der Waals surface area contributed by atoms with Crippen LogP contribution in [0.2, 0.25) is 0 Å². The Kier molecular flexibility index (Phi) is 25.4. The van der Waals surface area contributed by atoms with Crippen molar-refractivity contribution in [1.82, 2.24) is 0 Å². The predicted molar refractivity (Wildman–Crippen MR) is 127 cm³/mol. The molecule has 0 aliphatic carbocycles. The molecule has 0 aliphatic heterocycles. The van der Waals surface area contributed by atoms with Crippen LogP contribution in [0, 0.1) is 11.8 Å². The monoisotopic (exact) mass is 502 g/mol. The highest BCUT2D eigenvalue weighted by Gasteiger charge is 2.17. The first-order valence-corrected chi connectivity index (χ1v) is 10.7. The molecule has 0 amide bonds. The molecule has 0 aromatic heterocycles. The lowest BCUT2D eigenvalue weighted by atomic mass is 10.0. The van der Waals surface area contributed by atoms with Crippen LogP contribution in [0.4, 0.5) is 0 Å². The minimum absolute atomic E-state index is 0.0718. The van der Waals surface area contributed by atoms with E-state index in [2.05, 4.69) is 12.6 Å². The van der Waals surface area contributed by atoms with Crippen molar-refractivity contribution >= 4 is 36.5 Å². The third-order valence-electron chi connectivity index (χ3n) is 3.90. The number of hydrogen-bond acceptors (Lipinski definition) is 10. The number of aliphatic hydroxyl groups is 1. The summed E-state index contributed by atoms with van der Waals surface area (Å²) in [7, 11) is 0. The summed E-state index contributed by atoms with van der Waals surface area (Å²) in [4.78, 5) is 39.9. The van der Waals surface area contributed by atoms with Crippen LogP contribution in [0.5, 0.6) is 0 Å². The predicted octanol–water partition coefficient (Wildman–Crippen LogP) is -1.00. The third kappa shape index (κ3) is 26.2. The summed E-state index contributed by atoms with van der Waals surface area (Å²) in [5.74, 6) is -3.39. The van der Waals surface area contributed by atoms with Gasteiger partial charge in [0.2, 0.25) is 0 Å². The molecule has 33 heavy (non-hydrogen) atoms. The second-order valence-electron chi connectivity index (χ2n) is 7.56. The van der Waals surface area contributed by atoms with Gasteiger partial charge in [-0.2, -0.15) is 12.6 Å². The van der Waals surface area contributed by atoms with Crippen LogP contribution >= 0.6 is 12.6 Å². The number of nitrogens with two attached hydrogens (primary N) is 4. The molecule has 0 rings (SSSR count). The molecule has 0 radical (unpaired) electrons. The molecule has 0 bridgehead atoms. The number of carboxylic acid groups (broad SMARTS) is 4. The van der Waals surface area contributed by atoms with Gasteiger partial charge in [0.15, 0.2) is 0 Å². The molecule has 13 N–H and O–H groups in total. The van der Waals surface area contributed by atoms with E-state index < -0.39 is 54.1 Å². The fourth-order valence-electron chi connectivity index (χ4n) is 1.39. The lowest BCUT2D eigenvalue weighted by Crippen LogP contribution is -2.39. The van der Waals surface area contributed by atoms with Gasteiger partial charge in [0, 0.05) is 5.75 Å². The summed E-state index contributed by atoms with van der Waals surface area (Å²) >= 11 is 3.65. The summed E-state index contributed by atoms with van der Waals surface area (Å²) in [6, 6.07) is -3.36. The molecular weight excluding hydrogens is 460 g/mol. The number of thiol groups is 1. The number of rotatable bonds is 10. The Morgan fingerprint density at radius 3 is 1.15 bits per heavy atom. The fraction of sp³-hybridized carbons (Fsp3) is 0.789. The summed E-state index contributed by atoms with van der Waals surface area (Å²) in [6.07, 6.45) is 0.385. The molecule has 0 spiro atoms. The van der Waals surface area contributed by atoms with Crippen LogP contribution in [0.1, 0.15) is 47.5 Å². The van der Waals surface area contributed by atoms with Crippen molar-refractivity contribution in [3.05, 3.63) is 0 Å². The number of carbonyl (C=O) groups is 4. The average Bonchev–Trinajstić information content (AvgIpc) is 2.71. The van der Waals surface area contributed by atoms with E-state index in [1.807, 2.05) is 27.7 Å². The van der Waals surface area contributed by atoms with Gasteiger partial charge in [0.25, 0.3) is 0 Å². The van der Waals surface area contributed by atoms with Crippen molar-refractivity contribution < 1.29 is 44.7 Å². The number of hydrogen-bond donors (Lipinski definition) is 10. The molecule has 0 aromatic carbocycles. The van der Waals surface area contributed by atoms with E-state index in [1.54, 1.807) is 0 Å². The Labute approximate surface area is 199 Å². The molecule has 14 heteroatoms. The Hall–Kier alpha value is -1.97. The summed E-state index contributed by atoms with van der Waals surface area (Å²) in [5, 5.41) is 41.2. The van der Waals surface area contributed by atoms with E-state index in [0.29, 0.717) is 12.3 Å². The highest BCUT2D eigenvalue weighted by Crippen LogP contribution is 2.04. The first kappa shape index (κ1) is 38.3. The number of aliphatic carboxylic acids is 4. The Bertz CT molecular complexity index is 565. The van der Waals surface area contributed by atoms with E-state index in [0.717, 1.165) is 6.42 Å². The topological polar surface area (TPSA) is 274 Å². The van der Waals surface area contributed by atoms with Gasteiger partial charge in [-0.25, -0.2) is 0 Å². The molecule has 0 aromatic rings. The SMILES string of the molecule is CC(C)C[C@H](N)C(=O)O.CC[C@H](C)[C@H](N)C(=O)O.C[C@@H](O)[C@H](N)C(=O)O.N[C@@H](CS)C(=O)O. The van der Waals surface area contributed by atoms with Crippen LogP contribution in [0.25, 0.3) is 0 Å². The Morgan fingerprint density at radius 2 is 1.09 bits per heavy atom.